The molecule has 1 unspecified atom stereocenters. The molecule has 2 aromatic heterocycles. The number of benzene rings is 1. The zero-order valence-corrected chi connectivity index (χ0v) is 21.7. The minimum absolute atomic E-state index is 0.286. The highest BCUT2D eigenvalue weighted by Gasteiger charge is 2.29. The molecule has 0 spiro atoms. The number of esters is 2. The van der Waals surface area contributed by atoms with Crippen molar-refractivity contribution in [2.75, 3.05) is 14.2 Å². The smallest absolute Gasteiger partial charge is 0.337 e. The van der Waals surface area contributed by atoms with Gasteiger partial charge in [0.15, 0.2) is 0 Å². The van der Waals surface area contributed by atoms with Crippen LogP contribution < -0.4 is 0 Å². The first kappa shape index (κ1) is 26.2. The second kappa shape index (κ2) is 11.8. The molecule has 3 aromatic rings. The second-order valence-corrected chi connectivity index (χ2v) is 8.57. The van der Waals surface area contributed by atoms with Crippen LogP contribution in [0.5, 0.6) is 0 Å². The summed E-state index contributed by atoms with van der Waals surface area (Å²) in [5, 5.41) is 1.07. The average molecular weight is 477 g/mol. The summed E-state index contributed by atoms with van der Waals surface area (Å²) in [4.78, 5) is 29.6. The molecule has 4 rings (SSSR count). The maximum atomic E-state index is 12.6. The zero-order chi connectivity index (χ0) is 25.5. The Morgan fingerprint density at radius 3 is 2.51 bits per heavy atom. The monoisotopic (exact) mass is 476 g/mol. The summed E-state index contributed by atoms with van der Waals surface area (Å²) in [6, 6.07) is 9.52. The van der Waals surface area contributed by atoms with E-state index in [0.717, 1.165) is 40.7 Å². The molecule has 0 aliphatic carbocycles. The summed E-state index contributed by atoms with van der Waals surface area (Å²) < 4.78 is 12.1. The van der Waals surface area contributed by atoms with Crippen LogP contribution in [-0.2, 0) is 20.8 Å². The Hall–Kier alpha value is -3.41. The third-order valence-corrected chi connectivity index (χ3v) is 6.43. The van der Waals surface area contributed by atoms with E-state index in [-0.39, 0.29) is 17.9 Å². The quantitative estimate of drug-likeness (QED) is 0.278. The lowest BCUT2D eigenvalue weighted by molar-refractivity contribution is -0.136. The first-order valence-corrected chi connectivity index (χ1v) is 12.5. The lowest BCUT2D eigenvalue weighted by Crippen LogP contribution is -2.11. The molecule has 186 valence electrons. The van der Waals surface area contributed by atoms with Gasteiger partial charge in [0.2, 0.25) is 0 Å². The van der Waals surface area contributed by atoms with Crippen LogP contribution in [0.15, 0.2) is 42.1 Å². The normalized spacial score (nSPS) is 12.9. The van der Waals surface area contributed by atoms with Crippen molar-refractivity contribution in [3.63, 3.8) is 0 Å². The number of pyridine rings is 1. The third-order valence-electron chi connectivity index (χ3n) is 6.43. The summed E-state index contributed by atoms with van der Waals surface area (Å²) in [6.07, 6.45) is 8.20. The van der Waals surface area contributed by atoms with Crippen LogP contribution in [-0.4, -0.2) is 35.7 Å². The Morgan fingerprint density at radius 2 is 1.83 bits per heavy atom. The van der Waals surface area contributed by atoms with Gasteiger partial charge in [0, 0.05) is 17.1 Å². The minimum atomic E-state index is -0.388. The highest BCUT2D eigenvalue weighted by atomic mass is 16.5. The number of carbonyl (C=O) groups is 2. The van der Waals surface area contributed by atoms with Gasteiger partial charge in [0.1, 0.15) is 0 Å². The lowest BCUT2D eigenvalue weighted by atomic mass is 9.90. The van der Waals surface area contributed by atoms with Crippen molar-refractivity contribution in [1.82, 2.24) is 9.55 Å². The van der Waals surface area contributed by atoms with Gasteiger partial charge in [0.05, 0.1) is 48.8 Å². The highest BCUT2D eigenvalue weighted by Crippen LogP contribution is 2.43. The Kier molecular flexibility index (Phi) is 8.85. The van der Waals surface area contributed by atoms with E-state index in [4.69, 9.17) is 14.5 Å². The molecule has 0 amide bonds. The molecule has 6 heteroatoms. The van der Waals surface area contributed by atoms with Gasteiger partial charge in [-0.2, -0.15) is 0 Å². The van der Waals surface area contributed by atoms with E-state index in [1.54, 1.807) is 6.20 Å². The van der Waals surface area contributed by atoms with Crippen molar-refractivity contribution >= 4 is 28.9 Å². The molecule has 1 aliphatic heterocycles. The first-order chi connectivity index (χ1) is 17.0. The zero-order valence-electron chi connectivity index (χ0n) is 21.7. The number of methoxy groups -OCH3 is 2. The molecule has 35 heavy (non-hydrogen) atoms. The Bertz CT molecular complexity index is 1240. The maximum Gasteiger partial charge on any atom is 0.337 e. The van der Waals surface area contributed by atoms with E-state index >= 15 is 0 Å². The number of carbonyl (C=O) groups excluding carboxylic acids is 2. The summed E-state index contributed by atoms with van der Waals surface area (Å²) in [7, 11) is 2.77. The molecular formula is C29H36N2O4. The van der Waals surface area contributed by atoms with Gasteiger partial charge < -0.3 is 14.0 Å². The van der Waals surface area contributed by atoms with Crippen LogP contribution in [0.2, 0.25) is 0 Å². The topological polar surface area (TPSA) is 70.4 Å². The Labute approximate surface area is 208 Å². The first-order valence-electron chi connectivity index (χ1n) is 12.5. The lowest BCUT2D eigenvalue weighted by Gasteiger charge is -2.16. The predicted octanol–water partition coefficient (Wildman–Crippen LogP) is 6.77. The molecular weight excluding hydrogens is 440 g/mol. The van der Waals surface area contributed by atoms with Crippen LogP contribution >= 0.6 is 0 Å². The van der Waals surface area contributed by atoms with E-state index in [9.17, 15) is 9.59 Å². The molecule has 1 atom stereocenters. The number of hydrogen-bond donors (Lipinski definition) is 0. The molecule has 0 fully saturated rings. The number of aromatic nitrogens is 2. The Morgan fingerprint density at radius 1 is 1.09 bits per heavy atom. The van der Waals surface area contributed by atoms with Crippen molar-refractivity contribution in [2.24, 2.45) is 0 Å². The Balaban J connectivity index is 0.00000167. The fraction of sp³-hybridized carbons (Fsp3) is 0.414. The minimum Gasteiger partial charge on any atom is -0.466 e. The molecule has 1 aromatic carbocycles. The van der Waals surface area contributed by atoms with Crippen molar-refractivity contribution in [2.45, 2.75) is 65.8 Å². The molecule has 6 nitrogen and oxygen atoms in total. The molecule has 1 aliphatic rings. The van der Waals surface area contributed by atoms with E-state index < -0.39 is 0 Å². The van der Waals surface area contributed by atoms with Gasteiger partial charge in [-0.1, -0.05) is 59.1 Å². The predicted molar refractivity (Wildman–Crippen MR) is 140 cm³/mol. The highest BCUT2D eigenvalue weighted by molar-refractivity contribution is 6.01. The average Bonchev–Trinajstić information content (AvgIpc) is 3.11. The molecule has 0 bridgehead atoms. The fourth-order valence-corrected chi connectivity index (χ4v) is 4.77. The molecule has 0 saturated heterocycles. The van der Waals surface area contributed by atoms with E-state index in [0.29, 0.717) is 17.7 Å². The van der Waals surface area contributed by atoms with Gasteiger partial charge >= 0.3 is 11.9 Å². The van der Waals surface area contributed by atoms with Gasteiger partial charge in [-0.15, -0.1) is 0 Å². The summed E-state index contributed by atoms with van der Waals surface area (Å²) in [6.45, 7) is 8.79. The van der Waals surface area contributed by atoms with E-state index in [1.165, 1.54) is 32.6 Å². The van der Waals surface area contributed by atoms with Crippen molar-refractivity contribution in [3.05, 3.63) is 58.8 Å². The molecule has 0 saturated carbocycles. The molecule has 0 radical (unpaired) electrons. The van der Waals surface area contributed by atoms with Crippen LogP contribution in [0.3, 0.4) is 0 Å². The van der Waals surface area contributed by atoms with Crippen molar-refractivity contribution < 1.29 is 19.1 Å². The van der Waals surface area contributed by atoms with Crippen molar-refractivity contribution in [3.8, 4) is 11.4 Å². The number of hydrogen-bond acceptors (Lipinski definition) is 5. The fourth-order valence-electron chi connectivity index (χ4n) is 4.77. The van der Waals surface area contributed by atoms with Crippen LogP contribution in [0.1, 0.15) is 80.8 Å². The molecule has 0 N–H and O–H groups in total. The standard InChI is InChI=1S/C27H30N2O4.C2H6/c1-5-6-7-9-17(2)23-21-12-11-19(26(30)32-3)15-22(21)29-16-20(27(31)33-4)14-18-10-8-13-28-24(18)25(23)29;1-2/h8,10-15,17H,5-7,9,16H2,1-4H3;1-2H3. The van der Waals surface area contributed by atoms with Crippen LogP contribution in [0, 0.1) is 0 Å². The number of rotatable bonds is 7. The number of nitrogens with zero attached hydrogens (tertiary/aromatic N) is 2. The maximum absolute atomic E-state index is 12.6. The number of fused-ring (bicyclic) bond motifs is 5. The van der Waals surface area contributed by atoms with Gasteiger partial charge in [-0.05, 0) is 42.2 Å². The van der Waals surface area contributed by atoms with Gasteiger partial charge in [-0.3, -0.25) is 4.98 Å². The summed E-state index contributed by atoms with van der Waals surface area (Å²) >= 11 is 0. The number of unbranched alkanes of at least 4 members (excludes halogenated alkanes) is 2. The third kappa shape index (κ3) is 5.16. The van der Waals surface area contributed by atoms with E-state index in [2.05, 4.69) is 18.4 Å². The number of ether oxygens (including phenoxy) is 2. The summed E-state index contributed by atoms with van der Waals surface area (Å²) in [5.74, 6) is -0.476. The second-order valence-electron chi connectivity index (χ2n) is 8.57. The van der Waals surface area contributed by atoms with Gasteiger partial charge in [-0.25, -0.2) is 9.59 Å². The van der Waals surface area contributed by atoms with Gasteiger partial charge in [0.25, 0.3) is 0 Å². The largest absolute Gasteiger partial charge is 0.466 e. The van der Waals surface area contributed by atoms with Crippen LogP contribution in [0.25, 0.3) is 28.4 Å². The molecule has 3 heterocycles. The van der Waals surface area contributed by atoms with Crippen molar-refractivity contribution in [1.29, 1.82) is 0 Å². The van der Waals surface area contributed by atoms with E-state index in [1.807, 2.05) is 50.3 Å². The SMILES string of the molecule is CC.CCCCCC(C)c1c2n(c3cc(C(=O)OC)ccc13)CC(C(=O)OC)=Cc1cccnc1-2. The summed E-state index contributed by atoms with van der Waals surface area (Å²) in [5.41, 5.74) is 5.83. The van der Waals surface area contributed by atoms with Crippen LogP contribution in [0.4, 0.5) is 0 Å².